The second-order valence-corrected chi connectivity index (χ2v) is 5.85. The predicted molar refractivity (Wildman–Crippen MR) is 87.7 cm³/mol. The molecule has 0 unspecified atom stereocenters. The Hall–Kier alpha value is -1.23. The summed E-state index contributed by atoms with van der Waals surface area (Å²) < 4.78 is 0.834. The summed E-state index contributed by atoms with van der Waals surface area (Å²) in [5, 5.41) is 3.31. The smallest absolute Gasteiger partial charge is 0.255 e. The number of hydrogen-bond donors (Lipinski definition) is 2. The van der Waals surface area contributed by atoms with E-state index < -0.39 is 0 Å². The van der Waals surface area contributed by atoms with Gasteiger partial charge in [-0.25, -0.2) is 0 Å². The molecule has 6 heteroatoms. The number of anilines is 2. The number of nitrogens with two attached hydrogens (primary N) is 1. The number of nitrogens with one attached hydrogen (secondary N) is 1. The third-order valence-electron chi connectivity index (χ3n) is 2.78. The number of halogens is 3. The van der Waals surface area contributed by atoms with Crippen LogP contribution in [0.3, 0.4) is 0 Å². The van der Waals surface area contributed by atoms with E-state index in [0.717, 1.165) is 10.0 Å². The number of amides is 1. The van der Waals surface area contributed by atoms with E-state index in [1.165, 1.54) is 12.1 Å². The van der Waals surface area contributed by atoms with E-state index in [1.807, 2.05) is 19.1 Å². The van der Waals surface area contributed by atoms with Crippen molar-refractivity contribution in [2.45, 2.75) is 6.92 Å². The molecule has 2 rings (SSSR count). The molecule has 1 amide bonds. The van der Waals surface area contributed by atoms with Gasteiger partial charge < -0.3 is 11.1 Å². The summed E-state index contributed by atoms with van der Waals surface area (Å²) >= 11 is 15.3. The molecule has 0 fully saturated rings. The van der Waals surface area contributed by atoms with Gasteiger partial charge in [0.1, 0.15) is 0 Å². The Morgan fingerprint density at radius 2 is 1.85 bits per heavy atom. The maximum absolute atomic E-state index is 12.2. The number of nitrogen functional groups attached to an aromatic ring is 1. The number of carbonyl (C=O) groups is 1. The Kier molecular flexibility index (Phi) is 4.58. The van der Waals surface area contributed by atoms with Crippen molar-refractivity contribution in [3.8, 4) is 0 Å². The number of hydrogen-bond acceptors (Lipinski definition) is 2. The van der Waals surface area contributed by atoms with Crippen molar-refractivity contribution >= 4 is 56.4 Å². The van der Waals surface area contributed by atoms with Gasteiger partial charge in [0.25, 0.3) is 5.91 Å². The van der Waals surface area contributed by atoms with Crippen LogP contribution in [0.25, 0.3) is 0 Å². The molecular formula is C14H11BrCl2N2O. The lowest BCUT2D eigenvalue weighted by atomic mass is 10.1. The highest BCUT2D eigenvalue weighted by molar-refractivity contribution is 9.10. The molecule has 0 saturated heterocycles. The highest BCUT2D eigenvalue weighted by atomic mass is 79.9. The minimum atomic E-state index is -0.305. The normalized spacial score (nSPS) is 10.4. The first-order chi connectivity index (χ1) is 9.40. The molecule has 0 radical (unpaired) electrons. The van der Waals surface area contributed by atoms with Gasteiger partial charge >= 0.3 is 0 Å². The van der Waals surface area contributed by atoms with Crippen molar-refractivity contribution in [3.05, 3.63) is 56.0 Å². The summed E-state index contributed by atoms with van der Waals surface area (Å²) in [6, 6.07) is 8.58. The first-order valence-electron chi connectivity index (χ1n) is 5.71. The molecule has 0 spiro atoms. The molecule has 104 valence electrons. The summed E-state index contributed by atoms with van der Waals surface area (Å²) in [4.78, 5) is 12.2. The van der Waals surface area contributed by atoms with Gasteiger partial charge in [-0.2, -0.15) is 0 Å². The van der Waals surface area contributed by atoms with Gasteiger partial charge in [0, 0.05) is 10.0 Å². The fourth-order valence-electron chi connectivity index (χ4n) is 1.65. The zero-order valence-corrected chi connectivity index (χ0v) is 13.6. The molecule has 2 aromatic rings. The third-order valence-corrected chi connectivity index (χ3v) is 4.46. The number of aryl methyl sites for hydroxylation is 1. The number of carbonyl (C=O) groups excluding carboxylic acids is 1. The van der Waals surface area contributed by atoms with E-state index in [2.05, 4.69) is 21.2 Å². The molecule has 2 aromatic carbocycles. The van der Waals surface area contributed by atoms with Gasteiger partial charge in [-0.05, 0) is 46.6 Å². The minimum Gasteiger partial charge on any atom is -0.396 e. The van der Waals surface area contributed by atoms with Crippen molar-refractivity contribution in [2.24, 2.45) is 0 Å². The first-order valence-corrected chi connectivity index (χ1v) is 7.26. The lowest BCUT2D eigenvalue weighted by Gasteiger charge is -2.10. The zero-order chi connectivity index (χ0) is 14.9. The SMILES string of the molecule is Cc1cccc(NC(=O)c2cc(Cl)c(N)c(Cl)c2)c1Br. The average Bonchev–Trinajstić information content (AvgIpc) is 2.40. The van der Waals surface area contributed by atoms with Crippen LogP contribution < -0.4 is 11.1 Å². The van der Waals surface area contributed by atoms with Crippen LogP contribution in [0.4, 0.5) is 11.4 Å². The molecule has 0 aromatic heterocycles. The van der Waals surface area contributed by atoms with Gasteiger partial charge in [-0.3, -0.25) is 4.79 Å². The van der Waals surface area contributed by atoms with Crippen molar-refractivity contribution in [1.82, 2.24) is 0 Å². The molecule has 0 heterocycles. The summed E-state index contributed by atoms with van der Waals surface area (Å²) in [5.74, 6) is -0.305. The Balaban J connectivity index is 2.31. The minimum absolute atomic E-state index is 0.256. The summed E-state index contributed by atoms with van der Waals surface area (Å²) in [6.07, 6.45) is 0. The van der Waals surface area contributed by atoms with Crippen LogP contribution >= 0.6 is 39.1 Å². The highest BCUT2D eigenvalue weighted by Gasteiger charge is 2.13. The molecule has 0 bridgehead atoms. The standard InChI is InChI=1S/C14H11BrCl2N2O/c1-7-3-2-4-11(12(7)15)19-14(20)8-5-9(16)13(18)10(17)6-8/h2-6H,18H2,1H3,(H,19,20). The van der Waals surface area contributed by atoms with Crippen LogP contribution in [0.5, 0.6) is 0 Å². The van der Waals surface area contributed by atoms with Crippen molar-refractivity contribution in [1.29, 1.82) is 0 Å². The molecule has 3 nitrogen and oxygen atoms in total. The van der Waals surface area contributed by atoms with E-state index >= 15 is 0 Å². The molecule has 0 atom stereocenters. The molecule has 0 aliphatic rings. The predicted octanol–water partition coefficient (Wildman–Crippen LogP) is 4.90. The molecule has 20 heavy (non-hydrogen) atoms. The van der Waals surface area contributed by atoms with Crippen molar-refractivity contribution in [3.63, 3.8) is 0 Å². The van der Waals surface area contributed by atoms with Crippen LogP contribution in [0, 0.1) is 6.92 Å². The fourth-order valence-corrected chi connectivity index (χ4v) is 2.50. The summed E-state index contributed by atoms with van der Waals surface area (Å²) in [5.41, 5.74) is 7.96. The van der Waals surface area contributed by atoms with Gasteiger partial charge in [0.15, 0.2) is 0 Å². The average molecular weight is 374 g/mol. The Labute approximate surface area is 135 Å². The lowest BCUT2D eigenvalue weighted by molar-refractivity contribution is 0.102. The van der Waals surface area contributed by atoms with E-state index in [1.54, 1.807) is 6.07 Å². The monoisotopic (exact) mass is 372 g/mol. The molecule has 3 N–H and O–H groups in total. The van der Waals surface area contributed by atoms with Crippen LogP contribution in [0.1, 0.15) is 15.9 Å². The molecule has 0 aliphatic carbocycles. The van der Waals surface area contributed by atoms with Gasteiger partial charge in [0.2, 0.25) is 0 Å². The second-order valence-electron chi connectivity index (χ2n) is 4.24. The maximum atomic E-state index is 12.2. The Bertz CT molecular complexity index is 666. The Morgan fingerprint density at radius 3 is 2.45 bits per heavy atom. The zero-order valence-electron chi connectivity index (χ0n) is 10.5. The van der Waals surface area contributed by atoms with Gasteiger partial charge in [-0.1, -0.05) is 35.3 Å². The Morgan fingerprint density at radius 1 is 1.25 bits per heavy atom. The lowest BCUT2D eigenvalue weighted by Crippen LogP contribution is -2.13. The van der Waals surface area contributed by atoms with Crippen molar-refractivity contribution < 1.29 is 4.79 Å². The molecule has 0 aliphatic heterocycles. The van der Waals surface area contributed by atoms with E-state index in [4.69, 9.17) is 28.9 Å². The number of rotatable bonds is 2. The second kappa shape index (κ2) is 6.04. The largest absolute Gasteiger partial charge is 0.396 e. The van der Waals surface area contributed by atoms with E-state index in [9.17, 15) is 4.79 Å². The van der Waals surface area contributed by atoms with Gasteiger partial charge in [0.05, 0.1) is 21.4 Å². The topological polar surface area (TPSA) is 55.1 Å². The summed E-state index contributed by atoms with van der Waals surface area (Å²) in [7, 11) is 0. The van der Waals surface area contributed by atoms with Crippen LogP contribution in [0.2, 0.25) is 10.0 Å². The number of benzene rings is 2. The summed E-state index contributed by atoms with van der Waals surface area (Å²) in [6.45, 7) is 1.94. The maximum Gasteiger partial charge on any atom is 0.255 e. The first kappa shape index (κ1) is 15.2. The fraction of sp³-hybridized carbons (Fsp3) is 0.0714. The third kappa shape index (κ3) is 3.08. The van der Waals surface area contributed by atoms with Crippen LogP contribution in [-0.4, -0.2) is 5.91 Å². The van der Waals surface area contributed by atoms with E-state index in [-0.39, 0.29) is 21.6 Å². The van der Waals surface area contributed by atoms with Gasteiger partial charge in [-0.15, -0.1) is 0 Å². The van der Waals surface area contributed by atoms with Crippen LogP contribution in [-0.2, 0) is 0 Å². The van der Waals surface area contributed by atoms with Crippen LogP contribution in [0.15, 0.2) is 34.8 Å². The quantitative estimate of drug-likeness (QED) is 0.735. The molecule has 0 saturated carbocycles. The highest BCUT2D eigenvalue weighted by Crippen LogP contribution is 2.30. The van der Waals surface area contributed by atoms with E-state index in [0.29, 0.717) is 11.3 Å². The van der Waals surface area contributed by atoms with Crippen molar-refractivity contribution in [2.75, 3.05) is 11.1 Å². The molecular weight excluding hydrogens is 363 g/mol.